The molecule has 0 spiro atoms. The molecule has 7 nitrogen and oxygen atoms in total. The van der Waals surface area contributed by atoms with Crippen LogP contribution in [0, 0.1) is 12.8 Å². The van der Waals surface area contributed by atoms with E-state index < -0.39 is 35.6 Å². The number of aryl methyl sites for hydroxylation is 1. The third-order valence-electron chi connectivity index (χ3n) is 5.26. The van der Waals surface area contributed by atoms with Crippen molar-refractivity contribution >= 4 is 35.2 Å². The van der Waals surface area contributed by atoms with Crippen LogP contribution in [0.1, 0.15) is 58.2 Å². The summed E-state index contributed by atoms with van der Waals surface area (Å²) in [5.41, 5.74) is 1.22. The van der Waals surface area contributed by atoms with Crippen molar-refractivity contribution in [3.8, 4) is 0 Å². The first-order valence-electron chi connectivity index (χ1n) is 11.7. The zero-order valence-electron chi connectivity index (χ0n) is 21.5. The molecule has 0 fully saturated rings. The number of alkyl carbamates (subject to hydrolysis) is 1. The molecule has 0 aromatic heterocycles. The van der Waals surface area contributed by atoms with Gasteiger partial charge >= 0.3 is 6.09 Å². The number of benzene rings is 2. The van der Waals surface area contributed by atoms with E-state index in [1.165, 1.54) is 4.90 Å². The lowest BCUT2D eigenvalue weighted by Gasteiger charge is -2.32. The number of hydrogen-bond donors (Lipinski definition) is 2. The fourth-order valence-corrected chi connectivity index (χ4v) is 3.95. The van der Waals surface area contributed by atoms with Crippen molar-refractivity contribution < 1.29 is 19.1 Å². The van der Waals surface area contributed by atoms with Crippen molar-refractivity contribution in [1.29, 1.82) is 0 Å². The molecule has 2 unspecified atom stereocenters. The number of ether oxygens (including phenoxy) is 1. The molecule has 2 aromatic rings. The Labute approximate surface area is 213 Å². The van der Waals surface area contributed by atoms with E-state index >= 15 is 0 Å². The maximum atomic E-state index is 13.6. The van der Waals surface area contributed by atoms with Crippen LogP contribution in [-0.4, -0.2) is 41.5 Å². The maximum absolute atomic E-state index is 13.6. The first-order valence-corrected chi connectivity index (χ1v) is 12.0. The topological polar surface area (TPSA) is 87.7 Å². The molecule has 0 bridgehead atoms. The van der Waals surface area contributed by atoms with Gasteiger partial charge in [0.05, 0.1) is 10.7 Å². The van der Waals surface area contributed by atoms with Gasteiger partial charge in [0.25, 0.3) is 5.91 Å². The lowest BCUT2D eigenvalue weighted by Crippen LogP contribution is -2.51. The van der Waals surface area contributed by atoms with Crippen molar-refractivity contribution in [2.75, 3.05) is 12.4 Å². The van der Waals surface area contributed by atoms with Gasteiger partial charge in [-0.3, -0.25) is 9.59 Å². The second-order valence-corrected chi connectivity index (χ2v) is 10.4. The molecular formula is C27H36ClN3O4. The van der Waals surface area contributed by atoms with Crippen LogP contribution in [0.3, 0.4) is 0 Å². The Hall–Kier alpha value is -3.06. The van der Waals surface area contributed by atoms with Crippen molar-refractivity contribution in [3.05, 3.63) is 64.7 Å². The minimum absolute atomic E-state index is 0.113. The summed E-state index contributed by atoms with van der Waals surface area (Å²) < 4.78 is 5.36. The summed E-state index contributed by atoms with van der Waals surface area (Å²) in [6.07, 6.45) is -0.299. The summed E-state index contributed by atoms with van der Waals surface area (Å²) in [6, 6.07) is 12.5. The Balaban J connectivity index is 2.38. The molecule has 8 heteroatoms. The van der Waals surface area contributed by atoms with Gasteiger partial charge < -0.3 is 20.3 Å². The Morgan fingerprint density at radius 3 is 2.20 bits per heavy atom. The average molecular weight is 502 g/mol. The van der Waals surface area contributed by atoms with E-state index in [9.17, 15) is 14.4 Å². The van der Waals surface area contributed by atoms with E-state index in [2.05, 4.69) is 10.6 Å². The van der Waals surface area contributed by atoms with Crippen LogP contribution in [0.2, 0.25) is 5.02 Å². The molecule has 2 N–H and O–H groups in total. The first kappa shape index (κ1) is 28.2. The molecule has 2 atom stereocenters. The van der Waals surface area contributed by atoms with Gasteiger partial charge in [-0.1, -0.05) is 67.9 Å². The van der Waals surface area contributed by atoms with Crippen LogP contribution in [-0.2, 0) is 14.3 Å². The van der Waals surface area contributed by atoms with Gasteiger partial charge in [-0.05, 0) is 57.2 Å². The highest BCUT2D eigenvalue weighted by molar-refractivity contribution is 6.34. The zero-order chi connectivity index (χ0) is 26.3. The molecule has 0 saturated carbocycles. The lowest BCUT2D eigenvalue weighted by molar-refractivity contribution is -0.139. The van der Waals surface area contributed by atoms with Gasteiger partial charge in [-0.25, -0.2) is 4.79 Å². The number of nitrogens with one attached hydrogen (secondary N) is 2. The Morgan fingerprint density at radius 2 is 1.66 bits per heavy atom. The molecule has 3 amide bonds. The largest absolute Gasteiger partial charge is 0.444 e. The number of hydrogen-bond acceptors (Lipinski definition) is 4. The second-order valence-electron chi connectivity index (χ2n) is 10.0. The van der Waals surface area contributed by atoms with Crippen LogP contribution in [0.4, 0.5) is 10.5 Å². The molecule has 0 aliphatic rings. The Bertz CT molecular complexity index is 1010. The van der Waals surface area contributed by atoms with E-state index in [1.54, 1.807) is 64.2 Å². The number of rotatable bonds is 8. The highest BCUT2D eigenvalue weighted by Crippen LogP contribution is 2.29. The molecule has 0 radical (unpaired) electrons. The normalized spacial score (nSPS) is 13.1. The number of carbonyl (C=O) groups is 3. The quantitative estimate of drug-likeness (QED) is 0.483. The summed E-state index contributed by atoms with van der Waals surface area (Å²) in [5.74, 6) is -0.699. The third-order valence-corrected chi connectivity index (χ3v) is 5.58. The highest BCUT2D eigenvalue weighted by atomic mass is 35.5. The number of amides is 3. The molecule has 0 heterocycles. The van der Waals surface area contributed by atoms with Crippen LogP contribution in [0.15, 0.2) is 48.5 Å². The molecule has 190 valence electrons. The summed E-state index contributed by atoms with van der Waals surface area (Å²) in [4.78, 5) is 41.0. The third kappa shape index (κ3) is 8.28. The first-order chi connectivity index (χ1) is 16.3. The van der Waals surface area contributed by atoms with Crippen molar-refractivity contribution in [1.82, 2.24) is 10.2 Å². The molecule has 2 aromatic carbocycles. The SMILES string of the molecule is Cc1cccc(Cl)c1NC(=O)C(c1ccccc1)N(C)C(=O)C(CC(C)C)NC(=O)OC(C)(C)C. The van der Waals surface area contributed by atoms with E-state index in [0.29, 0.717) is 22.7 Å². The van der Waals surface area contributed by atoms with Crippen molar-refractivity contribution in [2.24, 2.45) is 5.92 Å². The van der Waals surface area contributed by atoms with Gasteiger partial charge in [-0.2, -0.15) is 0 Å². The van der Waals surface area contributed by atoms with Gasteiger partial charge in [0.1, 0.15) is 17.7 Å². The molecule has 0 aliphatic carbocycles. The van der Waals surface area contributed by atoms with Gasteiger partial charge in [0.2, 0.25) is 5.91 Å². The van der Waals surface area contributed by atoms with Crippen LogP contribution >= 0.6 is 11.6 Å². The van der Waals surface area contributed by atoms with Crippen LogP contribution in [0.5, 0.6) is 0 Å². The smallest absolute Gasteiger partial charge is 0.408 e. The summed E-state index contributed by atoms with van der Waals surface area (Å²) >= 11 is 6.33. The van der Waals surface area contributed by atoms with E-state index in [-0.39, 0.29) is 5.92 Å². The highest BCUT2D eigenvalue weighted by Gasteiger charge is 2.34. The van der Waals surface area contributed by atoms with Crippen molar-refractivity contribution in [2.45, 2.75) is 65.6 Å². The van der Waals surface area contributed by atoms with Crippen molar-refractivity contribution in [3.63, 3.8) is 0 Å². The minimum Gasteiger partial charge on any atom is -0.444 e. The van der Waals surface area contributed by atoms with Gasteiger partial charge in [-0.15, -0.1) is 0 Å². The standard InChI is InChI=1S/C27H36ClN3O4/c1-17(2)16-21(29-26(34)35-27(4,5)6)25(33)31(7)23(19-13-9-8-10-14-19)24(32)30-22-18(3)12-11-15-20(22)28/h8-15,17,21,23H,16H2,1-7H3,(H,29,34)(H,30,32). The fraction of sp³-hybridized carbons (Fsp3) is 0.444. The number of nitrogens with zero attached hydrogens (tertiary/aromatic N) is 1. The molecular weight excluding hydrogens is 466 g/mol. The zero-order valence-corrected chi connectivity index (χ0v) is 22.3. The summed E-state index contributed by atoms with van der Waals surface area (Å²) in [6.45, 7) is 11.0. The second kappa shape index (κ2) is 12.1. The minimum atomic E-state index is -0.950. The molecule has 0 saturated heterocycles. The predicted molar refractivity (Wildman–Crippen MR) is 139 cm³/mol. The van der Waals surface area contributed by atoms with Gasteiger partial charge in [0.15, 0.2) is 0 Å². The number of likely N-dealkylation sites (N-methyl/N-ethyl adjacent to an activating group) is 1. The Morgan fingerprint density at radius 1 is 1.03 bits per heavy atom. The van der Waals surface area contributed by atoms with E-state index in [1.807, 2.05) is 32.9 Å². The molecule has 0 aliphatic heterocycles. The number of para-hydroxylation sites is 1. The summed E-state index contributed by atoms with van der Waals surface area (Å²) in [7, 11) is 1.56. The van der Waals surface area contributed by atoms with E-state index in [0.717, 1.165) is 5.56 Å². The Kier molecular flexibility index (Phi) is 9.72. The van der Waals surface area contributed by atoms with E-state index in [4.69, 9.17) is 16.3 Å². The molecule has 2 rings (SSSR count). The number of carbonyl (C=O) groups excluding carboxylic acids is 3. The summed E-state index contributed by atoms with van der Waals surface area (Å²) in [5, 5.41) is 5.99. The van der Waals surface area contributed by atoms with Gasteiger partial charge in [0, 0.05) is 7.05 Å². The van der Waals surface area contributed by atoms with Crippen LogP contribution < -0.4 is 10.6 Å². The lowest BCUT2D eigenvalue weighted by atomic mass is 9.99. The predicted octanol–water partition coefficient (Wildman–Crippen LogP) is 5.73. The maximum Gasteiger partial charge on any atom is 0.408 e. The number of halogens is 1. The van der Waals surface area contributed by atoms with Crippen LogP contribution in [0.25, 0.3) is 0 Å². The molecule has 35 heavy (non-hydrogen) atoms. The fourth-order valence-electron chi connectivity index (χ4n) is 3.68. The monoisotopic (exact) mass is 501 g/mol. The number of anilines is 1. The average Bonchev–Trinajstić information content (AvgIpc) is 2.74.